The fraction of sp³-hybridized carbons (Fsp3) is 0.485. The Hall–Kier alpha value is -7.11. The predicted octanol–water partition coefficient (Wildman–Crippen LogP) is 7.36. The number of fused-ring (bicyclic) bond motifs is 7. The number of hydrazine groups is 1. The average Bonchev–Trinajstić information content (AvgIpc) is 1.76. The summed E-state index contributed by atoms with van der Waals surface area (Å²) in [6.07, 6.45) is 7.18. The van der Waals surface area contributed by atoms with Crippen LogP contribution in [0.3, 0.4) is 0 Å². The largest absolute Gasteiger partial charge is 0.491 e. The minimum Gasteiger partial charge on any atom is -0.491 e. The van der Waals surface area contributed by atoms with Crippen LogP contribution < -0.4 is 15.4 Å². The van der Waals surface area contributed by atoms with E-state index < -0.39 is 51.2 Å². The van der Waals surface area contributed by atoms with E-state index in [9.17, 15) is 42.0 Å². The van der Waals surface area contributed by atoms with E-state index in [1.165, 1.54) is 16.7 Å². The van der Waals surface area contributed by atoms with E-state index in [0.29, 0.717) is 45.0 Å². The molecule has 0 fully saturated rings. The molecule has 0 aliphatic carbocycles. The van der Waals surface area contributed by atoms with Crippen LogP contribution in [0.2, 0.25) is 0 Å². The number of aromatic nitrogens is 2. The molecular formula is C66H83N7O13S. The second-order valence-electron chi connectivity index (χ2n) is 23.8. The smallest absolute Gasteiger partial charge is 0.267 e. The maximum absolute atomic E-state index is 13.5. The molecule has 2 amide bonds. The molecule has 5 aromatic rings. The summed E-state index contributed by atoms with van der Waals surface area (Å²) in [5.41, 5.74) is 10.5. The fourth-order valence-electron chi connectivity index (χ4n) is 12.3. The zero-order valence-electron chi connectivity index (χ0n) is 51.1. The zero-order valence-corrected chi connectivity index (χ0v) is 51.9. The van der Waals surface area contributed by atoms with Crippen molar-refractivity contribution in [1.82, 2.24) is 35.1 Å². The molecule has 2 aromatic heterocycles. The number of carbonyl (C=O) groups excluding carboxylic acids is 5. The highest BCUT2D eigenvalue weighted by Crippen LogP contribution is 2.47. The number of benzene rings is 3. The number of nitrogens with one attached hydrogen (secondary N) is 2. The minimum atomic E-state index is -4.60. The number of hydrogen-bond acceptors (Lipinski definition) is 16. The maximum atomic E-state index is 13.5. The monoisotopic (exact) mass is 1210 g/mol. The molecule has 4 atom stereocenters. The van der Waals surface area contributed by atoms with Crippen molar-refractivity contribution in [3.8, 4) is 5.75 Å². The van der Waals surface area contributed by atoms with Gasteiger partial charge in [-0.25, -0.2) is 10.0 Å². The normalized spacial score (nSPS) is 17.9. The predicted molar refractivity (Wildman–Crippen MR) is 330 cm³/mol. The third kappa shape index (κ3) is 15.1. The lowest BCUT2D eigenvalue weighted by atomic mass is 9.81. The summed E-state index contributed by atoms with van der Waals surface area (Å²) in [5.74, 6) is -2.42. The van der Waals surface area contributed by atoms with Crippen LogP contribution >= 0.6 is 0 Å². The van der Waals surface area contributed by atoms with Crippen LogP contribution in [0.1, 0.15) is 112 Å². The van der Waals surface area contributed by atoms with Gasteiger partial charge in [0.2, 0.25) is 11.8 Å². The molecule has 21 heteroatoms. The Bertz CT molecular complexity index is 3610. The second kappa shape index (κ2) is 27.9. The molecule has 9 rings (SSSR count). The topological polar surface area (TPSA) is 248 Å². The molecule has 87 heavy (non-hydrogen) atoms. The molecule has 0 saturated heterocycles. The molecule has 3 aromatic carbocycles. The highest BCUT2D eigenvalue weighted by atomic mass is 32.2. The summed E-state index contributed by atoms with van der Waals surface area (Å²) >= 11 is 0. The number of ketones is 3. The van der Waals surface area contributed by atoms with Gasteiger partial charge in [0.1, 0.15) is 47.9 Å². The van der Waals surface area contributed by atoms with Gasteiger partial charge in [0.05, 0.1) is 44.1 Å². The quantitative estimate of drug-likeness (QED) is 0.0259. The SMILES string of the molecule is C=C1OCC2=C(C=C3c4cc5ccc(OCc6ccc(CC(=O)[C@H](C)NC(=O)[C@@H](CC(=O)CCOCCOCCCC(=O)[C@H](CS(=O)(=O)O)NC(=O)CCn7c8c(c9ccncc97)CN(C)N(C)C8)C(C)C)cc6)cc5c(CC)c4CN3C2)[C@@]1(O)CC. The number of nitrogens with zero attached hydrogens (tertiary/aromatic N) is 5. The number of Topliss-reactive ketones (excluding diaryl/α,β-unsaturated/α-hetero) is 3. The van der Waals surface area contributed by atoms with Gasteiger partial charge in [-0.15, -0.1) is 0 Å². The number of amides is 2. The van der Waals surface area contributed by atoms with Crippen molar-refractivity contribution in [1.29, 1.82) is 0 Å². The third-order valence-electron chi connectivity index (χ3n) is 17.5. The van der Waals surface area contributed by atoms with Crippen LogP contribution in [0.15, 0.2) is 96.6 Å². The van der Waals surface area contributed by atoms with Crippen LogP contribution in [0.25, 0.3) is 27.4 Å². The Morgan fingerprint density at radius 1 is 0.839 bits per heavy atom. The van der Waals surface area contributed by atoms with Crippen LogP contribution in [-0.2, 0) is 93.9 Å². The highest BCUT2D eigenvalue weighted by Gasteiger charge is 2.43. The van der Waals surface area contributed by atoms with Crippen molar-refractivity contribution in [3.63, 3.8) is 0 Å². The molecule has 4 aliphatic heterocycles. The van der Waals surface area contributed by atoms with Crippen molar-refractivity contribution in [2.45, 2.75) is 136 Å². The van der Waals surface area contributed by atoms with E-state index in [1.807, 2.05) is 75.8 Å². The lowest BCUT2D eigenvalue weighted by molar-refractivity contribution is -0.133. The van der Waals surface area contributed by atoms with Gasteiger partial charge in [-0.3, -0.25) is 33.5 Å². The van der Waals surface area contributed by atoms with Gasteiger partial charge in [-0.1, -0.05) is 64.6 Å². The second-order valence-corrected chi connectivity index (χ2v) is 25.3. The number of hydrogen-bond donors (Lipinski definition) is 4. The summed E-state index contributed by atoms with van der Waals surface area (Å²) in [6, 6.07) is 15.8. The fourth-order valence-corrected chi connectivity index (χ4v) is 13.0. The van der Waals surface area contributed by atoms with E-state index in [-0.39, 0.29) is 94.9 Å². The Balaban J connectivity index is 0.660. The summed E-state index contributed by atoms with van der Waals surface area (Å²) in [4.78, 5) is 72.9. The third-order valence-corrected chi connectivity index (χ3v) is 18.2. The Morgan fingerprint density at radius 3 is 2.30 bits per heavy atom. The molecule has 0 radical (unpaired) electrons. The van der Waals surface area contributed by atoms with E-state index in [0.717, 1.165) is 79.6 Å². The number of aliphatic hydroxyl groups is 1. The molecule has 0 spiro atoms. The summed E-state index contributed by atoms with van der Waals surface area (Å²) in [7, 11) is -0.631. The first-order valence-electron chi connectivity index (χ1n) is 30.2. The van der Waals surface area contributed by atoms with Crippen LogP contribution in [-0.4, -0.2) is 149 Å². The van der Waals surface area contributed by atoms with Gasteiger partial charge in [0.15, 0.2) is 11.6 Å². The van der Waals surface area contributed by atoms with Crippen molar-refractivity contribution >= 4 is 66.7 Å². The van der Waals surface area contributed by atoms with Gasteiger partial charge in [-0.2, -0.15) is 8.42 Å². The van der Waals surface area contributed by atoms with Gasteiger partial charge in [0.25, 0.3) is 10.1 Å². The summed E-state index contributed by atoms with van der Waals surface area (Å²) in [6.45, 7) is 17.9. The first kappa shape index (κ1) is 64.4. The molecule has 4 N–H and O–H groups in total. The Labute approximate surface area is 509 Å². The van der Waals surface area contributed by atoms with E-state index >= 15 is 0 Å². The highest BCUT2D eigenvalue weighted by molar-refractivity contribution is 7.85. The molecule has 0 saturated carbocycles. The van der Waals surface area contributed by atoms with Crippen LogP contribution in [0, 0.1) is 11.8 Å². The number of carbonyl (C=O) groups is 5. The standard InChI is InChI=1S/C66H83N7O13S/c1-9-50-53-31-49(18-17-46(53)29-54-55(50)36-72-34-47-39-85-43(6)66(79,10-2)57(47)32-59(54)72)86-38-45-15-13-44(14-16-45)28-63(76)42(5)68-65(78)52(41(3)4)30-48(74)21-25-84-27-26-83-24-11-12-62(75)58(40-87(80,81)82)69-64(77)20-23-73-60-33-67-22-19-51(60)56-35-70(7)71(8)37-61(56)73/h13-19,22,29,31-33,41-42,52,58,79H,6,9-12,20-21,23-28,30,34-40H2,1-5,7-8H3,(H,68,78)(H,69,77)(H,80,81,82)/t42-,52-,58-,66+/m0/s1. The van der Waals surface area contributed by atoms with Crippen molar-refractivity contribution in [2.75, 3.05) is 59.4 Å². The van der Waals surface area contributed by atoms with E-state index in [4.69, 9.17) is 18.9 Å². The molecular weight excluding hydrogens is 1130 g/mol. The Kier molecular flexibility index (Phi) is 20.7. The van der Waals surface area contributed by atoms with Gasteiger partial charge < -0.3 is 44.2 Å². The Morgan fingerprint density at radius 2 is 1.57 bits per heavy atom. The van der Waals surface area contributed by atoms with Gasteiger partial charge >= 0.3 is 0 Å². The number of ether oxygens (including phenoxy) is 4. The van der Waals surface area contributed by atoms with Crippen LogP contribution in [0.4, 0.5) is 0 Å². The molecule has 4 aliphatic rings. The molecule has 20 nitrogen and oxygen atoms in total. The zero-order chi connectivity index (χ0) is 62.3. The average molecular weight is 1210 g/mol. The number of aryl methyl sites for hydroxylation is 2. The maximum Gasteiger partial charge on any atom is 0.267 e. The lowest BCUT2D eigenvalue weighted by Gasteiger charge is -2.40. The first-order chi connectivity index (χ1) is 41.5. The molecule has 0 bridgehead atoms. The molecule has 0 unspecified atom stereocenters. The van der Waals surface area contributed by atoms with Crippen molar-refractivity contribution in [2.24, 2.45) is 11.8 Å². The van der Waals surface area contributed by atoms with Crippen molar-refractivity contribution in [3.05, 3.63) is 136 Å². The van der Waals surface area contributed by atoms with Gasteiger partial charge in [0, 0.05) is 113 Å². The molecule has 6 heterocycles. The minimum absolute atomic E-state index is 0.0164. The van der Waals surface area contributed by atoms with E-state index in [2.05, 4.69) is 68.3 Å². The summed E-state index contributed by atoms with van der Waals surface area (Å²) < 4.78 is 58.8. The van der Waals surface area contributed by atoms with Crippen molar-refractivity contribution < 1.29 is 61.0 Å². The van der Waals surface area contributed by atoms with Gasteiger partial charge in [-0.05, 0) is 112 Å². The summed E-state index contributed by atoms with van der Waals surface area (Å²) in [5, 5.41) is 24.4. The van der Waals surface area contributed by atoms with Crippen LogP contribution in [0.5, 0.6) is 5.75 Å². The number of rotatable bonds is 30. The first-order valence-corrected chi connectivity index (χ1v) is 31.8. The molecule has 466 valence electrons. The van der Waals surface area contributed by atoms with E-state index in [1.54, 1.807) is 19.3 Å². The number of pyridine rings is 1. The lowest BCUT2D eigenvalue weighted by Crippen LogP contribution is -2.45.